The zero-order valence-corrected chi connectivity index (χ0v) is 15.6. The number of benzene rings is 1. The lowest BCUT2D eigenvalue weighted by molar-refractivity contribution is 0.416. The van der Waals surface area contributed by atoms with Crippen LogP contribution >= 0.6 is 27.5 Å². The summed E-state index contributed by atoms with van der Waals surface area (Å²) >= 11 is 9.31. The van der Waals surface area contributed by atoms with E-state index in [0.717, 1.165) is 34.9 Å². The molecule has 0 N–H and O–H groups in total. The van der Waals surface area contributed by atoms with Gasteiger partial charge < -0.3 is 0 Å². The van der Waals surface area contributed by atoms with Crippen molar-refractivity contribution in [1.29, 1.82) is 0 Å². The lowest BCUT2D eigenvalue weighted by atomic mass is 10.0. The molecule has 0 saturated carbocycles. The second-order valence-electron chi connectivity index (χ2n) is 5.77. The number of sulfonamides is 1. The third-order valence-corrected chi connectivity index (χ3v) is 7.26. The van der Waals surface area contributed by atoms with Gasteiger partial charge >= 0.3 is 0 Å². The van der Waals surface area contributed by atoms with Gasteiger partial charge in [0.1, 0.15) is 0 Å². The smallest absolute Gasteiger partial charge is 0.207 e. The van der Waals surface area contributed by atoms with Crippen molar-refractivity contribution in [3.05, 3.63) is 27.7 Å². The SMILES string of the molecule is Cc1c(Br)cc(CCl)cc1S(=O)(=O)N1CCCC(C)CC1. The Hall–Kier alpha value is -0.100. The summed E-state index contributed by atoms with van der Waals surface area (Å²) in [6.07, 6.45) is 2.95. The van der Waals surface area contributed by atoms with E-state index in [1.165, 1.54) is 0 Å². The molecule has 1 aliphatic heterocycles. The van der Waals surface area contributed by atoms with E-state index >= 15 is 0 Å². The molecule has 0 amide bonds. The molecule has 1 heterocycles. The molecule has 2 rings (SSSR count). The number of rotatable bonds is 3. The van der Waals surface area contributed by atoms with E-state index in [1.807, 2.05) is 13.0 Å². The first kappa shape index (κ1) is 17.3. The summed E-state index contributed by atoms with van der Waals surface area (Å²) in [4.78, 5) is 0.377. The van der Waals surface area contributed by atoms with Crippen molar-refractivity contribution < 1.29 is 8.42 Å². The minimum Gasteiger partial charge on any atom is -0.207 e. The van der Waals surface area contributed by atoms with Gasteiger partial charge in [-0.2, -0.15) is 4.31 Å². The lowest BCUT2D eigenvalue weighted by Gasteiger charge is -2.22. The van der Waals surface area contributed by atoms with Crippen LogP contribution in [0, 0.1) is 12.8 Å². The van der Waals surface area contributed by atoms with Crippen LogP contribution in [0.4, 0.5) is 0 Å². The molecule has 0 radical (unpaired) electrons. The minimum absolute atomic E-state index is 0.304. The van der Waals surface area contributed by atoms with Gasteiger partial charge in [-0.1, -0.05) is 22.9 Å². The highest BCUT2D eigenvalue weighted by atomic mass is 79.9. The highest BCUT2D eigenvalue weighted by Crippen LogP contribution is 2.30. The average molecular weight is 395 g/mol. The maximum Gasteiger partial charge on any atom is 0.243 e. The van der Waals surface area contributed by atoms with Crippen LogP contribution in [0.3, 0.4) is 0 Å². The fourth-order valence-electron chi connectivity index (χ4n) is 2.67. The lowest BCUT2D eigenvalue weighted by Crippen LogP contribution is -2.32. The van der Waals surface area contributed by atoms with E-state index in [0.29, 0.717) is 29.8 Å². The van der Waals surface area contributed by atoms with Crippen molar-refractivity contribution in [2.75, 3.05) is 13.1 Å². The first-order valence-corrected chi connectivity index (χ1v) is 9.98. The zero-order valence-electron chi connectivity index (χ0n) is 12.4. The predicted octanol–water partition coefficient (Wildman–Crippen LogP) is 4.31. The van der Waals surface area contributed by atoms with Crippen molar-refractivity contribution >= 4 is 37.6 Å². The molecular weight excluding hydrogens is 374 g/mol. The van der Waals surface area contributed by atoms with Crippen LogP contribution in [-0.2, 0) is 15.9 Å². The summed E-state index contributed by atoms with van der Waals surface area (Å²) < 4.78 is 28.3. The van der Waals surface area contributed by atoms with Gasteiger partial charge in [0.25, 0.3) is 0 Å². The number of hydrogen-bond donors (Lipinski definition) is 0. The molecular formula is C15H21BrClNO2S. The zero-order chi connectivity index (χ0) is 15.6. The molecule has 1 aliphatic rings. The molecule has 0 aliphatic carbocycles. The summed E-state index contributed by atoms with van der Waals surface area (Å²) in [5.74, 6) is 0.894. The normalized spacial score (nSPS) is 21.2. The minimum atomic E-state index is -3.45. The highest BCUT2D eigenvalue weighted by molar-refractivity contribution is 9.10. The Morgan fingerprint density at radius 3 is 2.71 bits per heavy atom. The average Bonchev–Trinajstić information content (AvgIpc) is 2.66. The Balaban J connectivity index is 2.41. The third-order valence-electron chi connectivity index (χ3n) is 4.10. The second kappa shape index (κ2) is 6.99. The van der Waals surface area contributed by atoms with E-state index in [4.69, 9.17) is 11.6 Å². The van der Waals surface area contributed by atoms with E-state index in [2.05, 4.69) is 22.9 Å². The molecule has 0 aromatic heterocycles. The molecule has 1 aromatic carbocycles. The first-order chi connectivity index (χ1) is 9.86. The first-order valence-electron chi connectivity index (χ1n) is 7.21. The van der Waals surface area contributed by atoms with Gasteiger partial charge in [-0.05, 0) is 55.4 Å². The molecule has 1 atom stereocenters. The standard InChI is InChI=1S/C15H21BrClNO2S/c1-11-4-3-6-18(7-5-11)21(19,20)15-9-13(10-17)8-14(16)12(15)2/h8-9,11H,3-7,10H2,1-2H3. The Bertz CT molecular complexity index is 618. The molecule has 21 heavy (non-hydrogen) atoms. The second-order valence-corrected chi connectivity index (χ2v) is 8.80. The van der Waals surface area contributed by atoms with Crippen LogP contribution in [0.25, 0.3) is 0 Å². The number of nitrogens with zero attached hydrogens (tertiary/aromatic N) is 1. The van der Waals surface area contributed by atoms with Gasteiger partial charge in [0.2, 0.25) is 10.0 Å². The van der Waals surface area contributed by atoms with Crippen LogP contribution in [0.2, 0.25) is 0 Å². The fraction of sp³-hybridized carbons (Fsp3) is 0.600. The van der Waals surface area contributed by atoms with Gasteiger partial charge in [0.05, 0.1) is 4.90 Å². The Morgan fingerprint density at radius 2 is 2.05 bits per heavy atom. The molecule has 0 spiro atoms. The Labute approximate surface area is 140 Å². The summed E-state index contributed by atoms with van der Waals surface area (Å²) in [5.41, 5.74) is 1.57. The van der Waals surface area contributed by atoms with Crippen LogP contribution in [0.15, 0.2) is 21.5 Å². The van der Waals surface area contributed by atoms with Gasteiger partial charge in [0.15, 0.2) is 0 Å². The van der Waals surface area contributed by atoms with E-state index in [-0.39, 0.29) is 0 Å². The molecule has 1 unspecified atom stereocenters. The van der Waals surface area contributed by atoms with Crippen molar-refractivity contribution in [2.45, 2.75) is 43.9 Å². The molecule has 118 valence electrons. The van der Waals surface area contributed by atoms with E-state index in [9.17, 15) is 8.42 Å². The van der Waals surface area contributed by atoms with Gasteiger partial charge in [-0.25, -0.2) is 8.42 Å². The van der Waals surface area contributed by atoms with Crippen LogP contribution in [0.1, 0.15) is 37.3 Å². The molecule has 6 heteroatoms. The maximum absolute atomic E-state index is 12.9. The van der Waals surface area contributed by atoms with Crippen molar-refractivity contribution in [1.82, 2.24) is 4.31 Å². The van der Waals surface area contributed by atoms with Crippen LogP contribution in [-0.4, -0.2) is 25.8 Å². The van der Waals surface area contributed by atoms with E-state index in [1.54, 1.807) is 10.4 Å². The van der Waals surface area contributed by atoms with Crippen LogP contribution in [0.5, 0.6) is 0 Å². The summed E-state index contributed by atoms with van der Waals surface area (Å²) in [7, 11) is -3.45. The molecule has 1 fully saturated rings. The monoisotopic (exact) mass is 393 g/mol. The molecule has 1 aromatic rings. The van der Waals surface area contributed by atoms with E-state index < -0.39 is 10.0 Å². The maximum atomic E-state index is 12.9. The third kappa shape index (κ3) is 3.81. The van der Waals surface area contributed by atoms with Gasteiger partial charge in [0, 0.05) is 23.4 Å². The van der Waals surface area contributed by atoms with Gasteiger partial charge in [-0.3, -0.25) is 0 Å². The summed E-state index contributed by atoms with van der Waals surface area (Å²) in [5, 5.41) is 0. The molecule has 3 nitrogen and oxygen atoms in total. The fourth-order valence-corrected chi connectivity index (χ4v) is 5.25. The number of alkyl halides is 1. The van der Waals surface area contributed by atoms with Crippen molar-refractivity contribution in [3.8, 4) is 0 Å². The van der Waals surface area contributed by atoms with Gasteiger partial charge in [-0.15, -0.1) is 11.6 Å². The Kier molecular flexibility index (Phi) is 5.74. The van der Waals surface area contributed by atoms with Crippen molar-refractivity contribution in [3.63, 3.8) is 0 Å². The number of hydrogen-bond acceptors (Lipinski definition) is 2. The largest absolute Gasteiger partial charge is 0.243 e. The van der Waals surface area contributed by atoms with Crippen LogP contribution < -0.4 is 0 Å². The quantitative estimate of drug-likeness (QED) is 0.716. The Morgan fingerprint density at radius 1 is 1.33 bits per heavy atom. The molecule has 1 saturated heterocycles. The summed E-state index contributed by atoms with van der Waals surface area (Å²) in [6.45, 7) is 5.22. The predicted molar refractivity (Wildman–Crippen MR) is 90.2 cm³/mol. The molecule has 0 bridgehead atoms. The number of halogens is 2. The highest BCUT2D eigenvalue weighted by Gasteiger charge is 2.28. The summed E-state index contributed by atoms with van der Waals surface area (Å²) in [6, 6.07) is 3.59. The topological polar surface area (TPSA) is 37.4 Å². The van der Waals surface area contributed by atoms with Crippen molar-refractivity contribution in [2.24, 2.45) is 5.92 Å².